The molecule has 4 rings (SSSR count). The van der Waals surface area contributed by atoms with Crippen LogP contribution in [0.25, 0.3) is 0 Å². The van der Waals surface area contributed by atoms with Crippen LogP contribution >= 0.6 is 0 Å². The van der Waals surface area contributed by atoms with Gasteiger partial charge in [-0.3, -0.25) is 14.4 Å². The summed E-state index contributed by atoms with van der Waals surface area (Å²) in [7, 11) is -0.553. The van der Waals surface area contributed by atoms with Crippen LogP contribution in [0, 0.1) is 0 Å². The van der Waals surface area contributed by atoms with Crippen molar-refractivity contribution in [3.8, 4) is 0 Å². The average Bonchev–Trinajstić information content (AvgIpc) is 3.48. The molecule has 2 N–H and O–H groups in total. The Hall–Kier alpha value is -3.94. The highest BCUT2D eigenvalue weighted by Gasteiger charge is 2.40. The van der Waals surface area contributed by atoms with Gasteiger partial charge >= 0.3 is 6.18 Å². The Balaban J connectivity index is 1.51. The molecule has 0 saturated carbocycles. The summed E-state index contributed by atoms with van der Waals surface area (Å²) < 4.78 is 63.4. The topological polar surface area (TPSA) is 116 Å². The van der Waals surface area contributed by atoms with Crippen LogP contribution in [0.5, 0.6) is 0 Å². The van der Waals surface area contributed by atoms with Crippen molar-refractivity contribution in [2.45, 2.75) is 42.4 Å². The number of halogens is 3. The highest BCUT2D eigenvalue weighted by molar-refractivity contribution is 7.91. The van der Waals surface area contributed by atoms with Gasteiger partial charge < -0.3 is 15.3 Å². The Kier molecular flexibility index (Phi) is 10.0. The first-order valence-electron chi connectivity index (χ1n) is 13.9. The molecule has 3 aromatic rings. The summed E-state index contributed by atoms with van der Waals surface area (Å²) in [6.07, 6.45) is -4.11. The Morgan fingerprint density at radius 3 is 2.18 bits per heavy atom. The summed E-state index contributed by atoms with van der Waals surface area (Å²) in [6.45, 7) is 1.48. The second-order valence-electron chi connectivity index (χ2n) is 10.5. The number of sulfone groups is 1. The van der Waals surface area contributed by atoms with E-state index in [0.29, 0.717) is 29.8 Å². The molecule has 0 bridgehead atoms. The van der Waals surface area contributed by atoms with Crippen LogP contribution < -0.4 is 10.2 Å². The molecule has 0 aromatic heterocycles. The lowest BCUT2D eigenvalue weighted by Crippen LogP contribution is -2.43. The standard InChI is InChI=1S/C31H34F3N3O6S/c1-4-44(41,42)26-15-9-21(10-16-26)27(19-38)35-29(39)22-7-13-25(14-8-22)37-18-23(17-28(37)30(40)36(2)43-3)20-5-11-24(12-6-20)31(32,33)34/h5-16,23,27-28,38H,4,17-19H2,1-3H3,(H,35,39)/t23?,27-,28-/m0/s1. The third-order valence-electron chi connectivity index (χ3n) is 7.85. The van der Waals surface area contributed by atoms with Gasteiger partial charge in [-0.1, -0.05) is 31.2 Å². The molecule has 0 aliphatic carbocycles. The summed E-state index contributed by atoms with van der Waals surface area (Å²) in [6, 6.07) is 15.9. The van der Waals surface area contributed by atoms with Crippen molar-refractivity contribution in [3.63, 3.8) is 0 Å². The summed E-state index contributed by atoms with van der Waals surface area (Å²) in [5.41, 5.74) is 1.37. The van der Waals surface area contributed by atoms with Gasteiger partial charge in [0.15, 0.2) is 9.84 Å². The normalized spacial score (nSPS) is 17.8. The lowest BCUT2D eigenvalue weighted by Gasteiger charge is -2.28. The van der Waals surface area contributed by atoms with Gasteiger partial charge in [-0.15, -0.1) is 0 Å². The molecular formula is C31H34F3N3O6S. The van der Waals surface area contributed by atoms with Crippen molar-refractivity contribution in [2.75, 3.05) is 38.0 Å². The molecule has 3 aromatic carbocycles. The molecule has 1 saturated heterocycles. The molecule has 44 heavy (non-hydrogen) atoms. The van der Waals surface area contributed by atoms with E-state index in [4.69, 9.17) is 4.84 Å². The number of alkyl halides is 3. The zero-order valence-electron chi connectivity index (χ0n) is 24.4. The zero-order chi connectivity index (χ0) is 32.2. The second-order valence-corrected chi connectivity index (χ2v) is 12.7. The monoisotopic (exact) mass is 633 g/mol. The first-order chi connectivity index (χ1) is 20.8. The molecule has 0 spiro atoms. The SMILES string of the molecule is CCS(=O)(=O)c1ccc([C@H](CO)NC(=O)c2ccc(N3CC(c4ccc(C(F)(F)F)cc4)C[C@H]3C(=O)N(C)OC)cc2)cc1. The van der Waals surface area contributed by atoms with Crippen LogP contribution in [-0.2, 0) is 25.6 Å². The number of anilines is 1. The number of nitrogens with zero attached hydrogens (tertiary/aromatic N) is 2. The number of carbonyl (C=O) groups is 2. The predicted molar refractivity (Wildman–Crippen MR) is 158 cm³/mol. The first kappa shape index (κ1) is 33.0. The van der Waals surface area contributed by atoms with E-state index in [2.05, 4.69) is 5.32 Å². The van der Waals surface area contributed by atoms with Crippen LogP contribution in [0.1, 0.15) is 52.4 Å². The van der Waals surface area contributed by atoms with Crippen molar-refractivity contribution >= 4 is 27.3 Å². The number of hydrogen-bond acceptors (Lipinski definition) is 7. The van der Waals surface area contributed by atoms with Gasteiger partial charge in [-0.2, -0.15) is 13.2 Å². The summed E-state index contributed by atoms with van der Waals surface area (Å²) >= 11 is 0. The third-order valence-corrected chi connectivity index (χ3v) is 9.60. The molecule has 1 heterocycles. The third kappa shape index (κ3) is 7.22. The molecule has 236 valence electrons. The van der Waals surface area contributed by atoms with Crippen molar-refractivity contribution in [3.05, 3.63) is 95.1 Å². The number of likely N-dealkylation sites (N-methyl/N-ethyl adjacent to an activating group) is 1. The number of aliphatic hydroxyl groups is 1. The van der Waals surface area contributed by atoms with E-state index in [1.165, 1.54) is 38.4 Å². The maximum atomic E-state index is 13.2. The minimum atomic E-state index is -4.45. The molecule has 3 atom stereocenters. The van der Waals surface area contributed by atoms with Gasteiger partial charge in [-0.05, 0) is 66.1 Å². The molecule has 2 amide bonds. The number of nitrogens with one attached hydrogen (secondary N) is 1. The van der Waals surface area contributed by atoms with Crippen LogP contribution in [0.4, 0.5) is 18.9 Å². The maximum absolute atomic E-state index is 13.2. The predicted octanol–water partition coefficient (Wildman–Crippen LogP) is 4.34. The maximum Gasteiger partial charge on any atom is 0.416 e. The molecule has 13 heteroatoms. The molecule has 0 radical (unpaired) electrons. The molecule has 1 unspecified atom stereocenters. The highest BCUT2D eigenvalue weighted by atomic mass is 32.2. The molecule has 1 aliphatic heterocycles. The molecule has 1 aliphatic rings. The summed E-state index contributed by atoms with van der Waals surface area (Å²) in [4.78, 5) is 33.3. The van der Waals surface area contributed by atoms with E-state index >= 15 is 0 Å². The number of hydroxylamine groups is 2. The number of hydrogen-bond donors (Lipinski definition) is 2. The van der Waals surface area contributed by atoms with Gasteiger partial charge in [0.2, 0.25) is 0 Å². The quantitative estimate of drug-likeness (QED) is 0.319. The van der Waals surface area contributed by atoms with Gasteiger partial charge in [-0.25, -0.2) is 13.5 Å². The molecule has 9 nitrogen and oxygen atoms in total. The van der Waals surface area contributed by atoms with Crippen LogP contribution in [-0.4, -0.2) is 69.5 Å². The largest absolute Gasteiger partial charge is 0.416 e. The minimum absolute atomic E-state index is 0.0480. The number of aliphatic hydroxyl groups excluding tert-OH is 1. The number of amides is 2. The van der Waals surface area contributed by atoms with Crippen molar-refractivity contribution < 1.29 is 41.1 Å². The fraction of sp³-hybridized carbons (Fsp3) is 0.355. The lowest BCUT2D eigenvalue weighted by atomic mass is 9.95. The van der Waals surface area contributed by atoms with Crippen molar-refractivity contribution in [1.82, 2.24) is 10.4 Å². The Morgan fingerprint density at radius 2 is 1.66 bits per heavy atom. The van der Waals surface area contributed by atoms with E-state index in [1.807, 2.05) is 4.90 Å². The first-order valence-corrected chi connectivity index (χ1v) is 15.5. The van der Waals surface area contributed by atoms with E-state index in [-0.39, 0.29) is 28.0 Å². The minimum Gasteiger partial charge on any atom is -0.394 e. The number of rotatable bonds is 10. The van der Waals surface area contributed by atoms with Gasteiger partial charge in [0, 0.05) is 30.8 Å². The van der Waals surface area contributed by atoms with Gasteiger partial charge in [0.1, 0.15) is 6.04 Å². The van der Waals surface area contributed by atoms with Crippen LogP contribution in [0.3, 0.4) is 0 Å². The van der Waals surface area contributed by atoms with E-state index in [9.17, 15) is 36.3 Å². The number of carbonyl (C=O) groups excluding carboxylic acids is 2. The van der Waals surface area contributed by atoms with Gasteiger partial charge in [0.25, 0.3) is 11.8 Å². The number of benzene rings is 3. The summed E-state index contributed by atoms with van der Waals surface area (Å²) in [5.74, 6) is -1.08. The van der Waals surface area contributed by atoms with Crippen LogP contribution in [0.2, 0.25) is 0 Å². The van der Waals surface area contributed by atoms with E-state index in [1.54, 1.807) is 43.3 Å². The fourth-order valence-corrected chi connectivity index (χ4v) is 6.08. The van der Waals surface area contributed by atoms with Crippen molar-refractivity contribution in [2.24, 2.45) is 0 Å². The second kappa shape index (κ2) is 13.4. The van der Waals surface area contributed by atoms with E-state index in [0.717, 1.165) is 17.2 Å². The Bertz CT molecular complexity index is 1560. The molecular weight excluding hydrogens is 599 g/mol. The summed E-state index contributed by atoms with van der Waals surface area (Å²) in [5, 5.41) is 13.8. The van der Waals surface area contributed by atoms with E-state index < -0.39 is 46.2 Å². The smallest absolute Gasteiger partial charge is 0.394 e. The fourth-order valence-electron chi connectivity index (χ4n) is 5.20. The van der Waals surface area contributed by atoms with Crippen LogP contribution in [0.15, 0.2) is 77.7 Å². The van der Waals surface area contributed by atoms with Crippen molar-refractivity contribution in [1.29, 1.82) is 0 Å². The zero-order valence-corrected chi connectivity index (χ0v) is 25.2. The lowest BCUT2D eigenvalue weighted by molar-refractivity contribution is -0.170. The Labute approximate surface area is 254 Å². The molecule has 1 fully saturated rings. The van der Waals surface area contributed by atoms with Gasteiger partial charge in [0.05, 0.1) is 36.0 Å². The highest BCUT2D eigenvalue weighted by Crippen LogP contribution is 2.37. The Morgan fingerprint density at radius 1 is 1.05 bits per heavy atom. The average molecular weight is 634 g/mol.